The first-order valence-corrected chi connectivity index (χ1v) is 10.2. The molecule has 1 amide bonds. The molecule has 1 aliphatic heterocycles. The number of benzene rings is 1. The smallest absolute Gasteiger partial charge is 0.233 e. The van der Waals surface area contributed by atoms with Gasteiger partial charge in [-0.3, -0.25) is 14.7 Å². The fourth-order valence-corrected chi connectivity index (χ4v) is 3.84. The van der Waals surface area contributed by atoms with Gasteiger partial charge in [-0.2, -0.15) is 0 Å². The van der Waals surface area contributed by atoms with Crippen molar-refractivity contribution in [2.24, 2.45) is 4.99 Å². The summed E-state index contributed by atoms with van der Waals surface area (Å²) in [7, 11) is 1.68. The van der Waals surface area contributed by atoms with E-state index in [0.717, 1.165) is 49.9 Å². The number of guanidine groups is 1. The summed E-state index contributed by atoms with van der Waals surface area (Å²) in [6, 6.07) is 8.93. The highest BCUT2D eigenvalue weighted by molar-refractivity contribution is 6.30. The lowest BCUT2D eigenvalue weighted by Gasteiger charge is -2.32. The molecule has 3 N–H and O–H groups in total. The first kappa shape index (κ1) is 20.0. The number of likely N-dealkylation sites (N-methyl/N-ethyl adjacent to an activating group) is 1. The summed E-state index contributed by atoms with van der Waals surface area (Å²) in [5, 5.41) is 10.6. The first-order valence-electron chi connectivity index (χ1n) is 9.85. The van der Waals surface area contributed by atoms with Gasteiger partial charge in [0.2, 0.25) is 5.91 Å². The molecule has 2 fully saturated rings. The van der Waals surface area contributed by atoms with Gasteiger partial charge in [-0.15, -0.1) is 0 Å². The number of aliphatic imine (C=N–C) groups is 1. The van der Waals surface area contributed by atoms with Crippen molar-refractivity contribution in [3.8, 4) is 0 Å². The molecule has 2 unspecified atom stereocenters. The molecule has 1 saturated heterocycles. The molecule has 1 saturated carbocycles. The van der Waals surface area contributed by atoms with Gasteiger partial charge in [-0.25, -0.2) is 0 Å². The molecule has 0 radical (unpaired) electrons. The SMILES string of the molecule is CCN=C(NC1CCN(CC(=O)NC)CC1)NC1CC1c1cccc(Cl)c1. The lowest BCUT2D eigenvalue weighted by molar-refractivity contribution is -0.122. The second-order valence-corrected chi connectivity index (χ2v) is 7.78. The highest BCUT2D eigenvalue weighted by Crippen LogP contribution is 2.41. The van der Waals surface area contributed by atoms with E-state index in [1.54, 1.807) is 7.05 Å². The van der Waals surface area contributed by atoms with Crippen molar-refractivity contribution in [1.29, 1.82) is 0 Å². The molecular weight excluding hydrogens is 362 g/mol. The van der Waals surface area contributed by atoms with E-state index in [2.05, 4.69) is 44.9 Å². The lowest BCUT2D eigenvalue weighted by atomic mass is 10.1. The Labute approximate surface area is 166 Å². The normalized spacial score (nSPS) is 23.7. The predicted octanol–water partition coefficient (Wildman–Crippen LogP) is 1.96. The quantitative estimate of drug-likeness (QED) is 0.512. The van der Waals surface area contributed by atoms with Gasteiger partial charge in [0.1, 0.15) is 0 Å². The molecule has 1 heterocycles. The van der Waals surface area contributed by atoms with Gasteiger partial charge in [-0.1, -0.05) is 23.7 Å². The van der Waals surface area contributed by atoms with Crippen molar-refractivity contribution < 1.29 is 4.79 Å². The van der Waals surface area contributed by atoms with Gasteiger partial charge in [0.05, 0.1) is 6.54 Å². The molecule has 0 bridgehead atoms. The fourth-order valence-electron chi connectivity index (χ4n) is 3.64. The maximum Gasteiger partial charge on any atom is 0.233 e. The van der Waals surface area contributed by atoms with Gasteiger partial charge in [-0.05, 0) is 43.9 Å². The molecule has 3 rings (SSSR count). The van der Waals surface area contributed by atoms with Crippen molar-refractivity contribution in [2.45, 2.75) is 44.2 Å². The number of rotatable bonds is 6. The van der Waals surface area contributed by atoms with Crippen LogP contribution in [0.15, 0.2) is 29.3 Å². The van der Waals surface area contributed by atoms with Crippen LogP contribution in [0.1, 0.15) is 37.7 Å². The van der Waals surface area contributed by atoms with Crippen LogP contribution in [0.5, 0.6) is 0 Å². The number of nitrogens with one attached hydrogen (secondary N) is 3. The van der Waals surface area contributed by atoms with Crippen LogP contribution in [0.4, 0.5) is 0 Å². The van der Waals surface area contributed by atoms with E-state index in [1.807, 2.05) is 12.1 Å². The number of carbonyl (C=O) groups is 1. The molecule has 1 aromatic rings. The van der Waals surface area contributed by atoms with Crippen LogP contribution in [0.3, 0.4) is 0 Å². The minimum Gasteiger partial charge on any atom is -0.358 e. The summed E-state index contributed by atoms with van der Waals surface area (Å²) in [6.07, 6.45) is 3.14. The fraction of sp³-hybridized carbons (Fsp3) is 0.600. The van der Waals surface area contributed by atoms with Crippen LogP contribution >= 0.6 is 11.6 Å². The minimum absolute atomic E-state index is 0.0806. The van der Waals surface area contributed by atoms with Gasteiger partial charge < -0.3 is 16.0 Å². The number of amides is 1. The van der Waals surface area contributed by atoms with Crippen molar-refractivity contribution >= 4 is 23.5 Å². The standard InChI is InChI=1S/C20H30ClN5O/c1-3-23-20(24-16-7-9-26(10-8-16)13-19(27)22-2)25-18-12-17(18)14-5-4-6-15(21)11-14/h4-6,11,16-18H,3,7-10,12-13H2,1-2H3,(H,22,27)(H2,23,24,25). The van der Waals surface area contributed by atoms with E-state index in [-0.39, 0.29) is 5.91 Å². The van der Waals surface area contributed by atoms with Gasteiger partial charge in [0, 0.05) is 49.7 Å². The van der Waals surface area contributed by atoms with E-state index < -0.39 is 0 Å². The third kappa shape index (κ3) is 5.84. The number of likely N-dealkylation sites (tertiary alicyclic amines) is 1. The van der Waals surface area contributed by atoms with Crippen LogP contribution < -0.4 is 16.0 Å². The Balaban J connectivity index is 1.47. The Morgan fingerprint density at radius 3 is 2.74 bits per heavy atom. The monoisotopic (exact) mass is 391 g/mol. The number of hydrogen-bond donors (Lipinski definition) is 3. The Kier molecular flexibility index (Phi) is 6.96. The maximum absolute atomic E-state index is 11.5. The second kappa shape index (κ2) is 9.42. The molecule has 1 aliphatic carbocycles. The van der Waals surface area contributed by atoms with Gasteiger partial charge in [0.15, 0.2) is 5.96 Å². The molecule has 1 aromatic carbocycles. The Hall–Kier alpha value is -1.79. The van der Waals surface area contributed by atoms with E-state index in [0.29, 0.717) is 24.5 Å². The van der Waals surface area contributed by atoms with Crippen LogP contribution in [0.2, 0.25) is 5.02 Å². The zero-order valence-electron chi connectivity index (χ0n) is 16.2. The average molecular weight is 392 g/mol. The van der Waals surface area contributed by atoms with Crippen LogP contribution in [0.25, 0.3) is 0 Å². The number of halogens is 1. The summed E-state index contributed by atoms with van der Waals surface area (Å²) < 4.78 is 0. The summed E-state index contributed by atoms with van der Waals surface area (Å²) >= 11 is 6.12. The van der Waals surface area contributed by atoms with Crippen molar-refractivity contribution in [3.63, 3.8) is 0 Å². The highest BCUT2D eigenvalue weighted by Gasteiger charge is 2.39. The number of carbonyl (C=O) groups excluding carboxylic acids is 1. The van der Waals surface area contributed by atoms with E-state index in [1.165, 1.54) is 5.56 Å². The Morgan fingerprint density at radius 2 is 2.07 bits per heavy atom. The molecule has 27 heavy (non-hydrogen) atoms. The van der Waals surface area contributed by atoms with E-state index in [4.69, 9.17) is 11.6 Å². The lowest BCUT2D eigenvalue weighted by Crippen LogP contribution is -2.50. The average Bonchev–Trinajstić information content (AvgIpc) is 3.42. The minimum atomic E-state index is 0.0806. The molecular formula is C20H30ClN5O. The highest BCUT2D eigenvalue weighted by atomic mass is 35.5. The molecule has 6 nitrogen and oxygen atoms in total. The van der Waals surface area contributed by atoms with Gasteiger partial charge in [0.25, 0.3) is 0 Å². The predicted molar refractivity (Wildman–Crippen MR) is 110 cm³/mol. The van der Waals surface area contributed by atoms with Crippen LogP contribution in [0, 0.1) is 0 Å². The molecule has 2 aliphatic rings. The second-order valence-electron chi connectivity index (χ2n) is 7.34. The summed E-state index contributed by atoms with van der Waals surface area (Å²) in [4.78, 5) is 18.3. The van der Waals surface area contributed by atoms with Crippen LogP contribution in [-0.4, -0.2) is 62.1 Å². The Bertz CT molecular complexity index is 672. The molecule has 0 spiro atoms. The molecule has 148 valence electrons. The number of piperidine rings is 1. The largest absolute Gasteiger partial charge is 0.358 e. The number of nitrogens with zero attached hydrogens (tertiary/aromatic N) is 2. The number of hydrogen-bond acceptors (Lipinski definition) is 3. The topological polar surface area (TPSA) is 68.8 Å². The van der Waals surface area contributed by atoms with E-state index in [9.17, 15) is 4.79 Å². The van der Waals surface area contributed by atoms with Crippen molar-refractivity contribution in [1.82, 2.24) is 20.9 Å². The van der Waals surface area contributed by atoms with Crippen molar-refractivity contribution in [3.05, 3.63) is 34.9 Å². The van der Waals surface area contributed by atoms with Crippen LogP contribution in [-0.2, 0) is 4.79 Å². The van der Waals surface area contributed by atoms with Gasteiger partial charge >= 0.3 is 0 Å². The van der Waals surface area contributed by atoms with Crippen molar-refractivity contribution in [2.75, 3.05) is 33.2 Å². The maximum atomic E-state index is 11.5. The Morgan fingerprint density at radius 1 is 1.30 bits per heavy atom. The third-order valence-corrected chi connectivity index (χ3v) is 5.52. The molecule has 7 heteroatoms. The first-order chi connectivity index (χ1) is 13.1. The zero-order chi connectivity index (χ0) is 19.2. The summed E-state index contributed by atoms with van der Waals surface area (Å²) in [6.45, 7) is 5.15. The van der Waals surface area contributed by atoms with E-state index >= 15 is 0 Å². The zero-order valence-corrected chi connectivity index (χ0v) is 16.9. The molecule has 2 atom stereocenters. The third-order valence-electron chi connectivity index (χ3n) is 5.28. The summed E-state index contributed by atoms with van der Waals surface area (Å²) in [5.41, 5.74) is 1.29. The molecule has 0 aromatic heterocycles. The summed E-state index contributed by atoms with van der Waals surface area (Å²) in [5.74, 6) is 1.48.